The number of ether oxygens (including phenoxy) is 1. The van der Waals surface area contributed by atoms with Gasteiger partial charge in [0.15, 0.2) is 5.82 Å². The lowest BCUT2D eigenvalue weighted by Gasteiger charge is -2.28. The summed E-state index contributed by atoms with van der Waals surface area (Å²) in [7, 11) is 0. The number of anilines is 1. The Hall–Kier alpha value is -2.57. The second-order valence-electron chi connectivity index (χ2n) is 4.82. The summed E-state index contributed by atoms with van der Waals surface area (Å²) >= 11 is 0. The lowest BCUT2D eigenvalue weighted by Crippen LogP contribution is -2.38. The van der Waals surface area contributed by atoms with Crippen molar-refractivity contribution in [3.63, 3.8) is 0 Å². The van der Waals surface area contributed by atoms with Crippen LogP contribution in [0.1, 0.15) is 23.1 Å². The standard InChI is InChI=1S/C14H17N5O2/c1-2-21-11-5-3-4-10(15)13(11)14(20)18-6-7-19-9-16-17-12(19)8-18/h3-5,9H,2,6-8,15H2,1H3. The van der Waals surface area contributed by atoms with E-state index in [-0.39, 0.29) is 5.91 Å². The zero-order chi connectivity index (χ0) is 14.8. The van der Waals surface area contributed by atoms with E-state index in [0.717, 1.165) is 5.82 Å². The lowest BCUT2D eigenvalue weighted by molar-refractivity contribution is 0.0704. The minimum Gasteiger partial charge on any atom is -0.493 e. The number of carbonyl (C=O) groups is 1. The molecule has 1 aliphatic heterocycles. The highest BCUT2D eigenvalue weighted by Gasteiger charge is 2.26. The van der Waals surface area contributed by atoms with Gasteiger partial charge in [0.2, 0.25) is 0 Å². The third-order valence-corrected chi connectivity index (χ3v) is 3.50. The molecule has 1 amide bonds. The molecule has 0 radical (unpaired) electrons. The molecule has 0 aliphatic carbocycles. The predicted octanol–water partition coefficient (Wildman–Crippen LogP) is 0.915. The molecule has 2 aromatic rings. The molecule has 0 atom stereocenters. The van der Waals surface area contributed by atoms with Crippen molar-refractivity contribution in [2.45, 2.75) is 20.0 Å². The molecule has 110 valence electrons. The number of aromatic nitrogens is 3. The number of carbonyl (C=O) groups excluding carboxylic acids is 1. The number of amides is 1. The van der Waals surface area contributed by atoms with Crippen molar-refractivity contribution in [2.24, 2.45) is 0 Å². The van der Waals surface area contributed by atoms with Crippen molar-refractivity contribution in [1.29, 1.82) is 0 Å². The van der Waals surface area contributed by atoms with Gasteiger partial charge in [-0.05, 0) is 19.1 Å². The third-order valence-electron chi connectivity index (χ3n) is 3.50. The molecule has 0 fully saturated rings. The number of nitrogens with zero attached hydrogens (tertiary/aromatic N) is 4. The maximum atomic E-state index is 12.8. The fourth-order valence-corrected chi connectivity index (χ4v) is 2.45. The van der Waals surface area contributed by atoms with Crippen molar-refractivity contribution >= 4 is 11.6 Å². The minimum atomic E-state index is -0.134. The highest BCUT2D eigenvalue weighted by Crippen LogP contribution is 2.27. The Bertz CT molecular complexity index is 667. The summed E-state index contributed by atoms with van der Waals surface area (Å²) in [6, 6.07) is 5.26. The molecule has 1 aromatic heterocycles. The zero-order valence-corrected chi connectivity index (χ0v) is 11.8. The van der Waals surface area contributed by atoms with E-state index in [1.54, 1.807) is 29.4 Å². The van der Waals surface area contributed by atoms with Crippen LogP contribution in [-0.4, -0.2) is 38.7 Å². The quantitative estimate of drug-likeness (QED) is 0.848. The minimum absolute atomic E-state index is 0.134. The number of nitrogens with two attached hydrogens (primary N) is 1. The summed E-state index contributed by atoms with van der Waals surface area (Å²) in [5.74, 6) is 1.17. The Morgan fingerprint density at radius 1 is 1.43 bits per heavy atom. The summed E-state index contributed by atoms with van der Waals surface area (Å²) in [6.07, 6.45) is 1.68. The van der Waals surface area contributed by atoms with Crippen molar-refractivity contribution in [1.82, 2.24) is 19.7 Å². The van der Waals surface area contributed by atoms with E-state index < -0.39 is 0 Å². The molecule has 1 aromatic carbocycles. The molecule has 0 bridgehead atoms. The summed E-state index contributed by atoms with van der Waals surface area (Å²) in [4.78, 5) is 14.5. The van der Waals surface area contributed by atoms with Gasteiger partial charge in [-0.2, -0.15) is 0 Å². The van der Waals surface area contributed by atoms with E-state index in [1.165, 1.54) is 0 Å². The van der Waals surface area contributed by atoms with Crippen LogP contribution in [0.4, 0.5) is 5.69 Å². The van der Waals surface area contributed by atoms with Gasteiger partial charge in [-0.1, -0.05) is 6.07 Å². The normalized spacial score (nSPS) is 13.9. The van der Waals surface area contributed by atoms with E-state index in [2.05, 4.69) is 10.2 Å². The van der Waals surface area contributed by atoms with Gasteiger partial charge in [0.1, 0.15) is 17.6 Å². The van der Waals surface area contributed by atoms with Gasteiger partial charge in [-0.25, -0.2) is 0 Å². The van der Waals surface area contributed by atoms with Crippen molar-refractivity contribution in [2.75, 3.05) is 18.9 Å². The monoisotopic (exact) mass is 287 g/mol. The van der Waals surface area contributed by atoms with Crippen LogP contribution in [0, 0.1) is 0 Å². The lowest BCUT2D eigenvalue weighted by atomic mass is 10.1. The Balaban J connectivity index is 1.89. The van der Waals surface area contributed by atoms with Gasteiger partial charge in [0.05, 0.1) is 13.2 Å². The van der Waals surface area contributed by atoms with Gasteiger partial charge < -0.3 is 19.9 Å². The Kier molecular flexibility index (Phi) is 3.47. The molecule has 3 rings (SSSR count). The van der Waals surface area contributed by atoms with Crippen molar-refractivity contribution in [3.8, 4) is 5.75 Å². The molecule has 1 aliphatic rings. The first kappa shape index (κ1) is 13.4. The number of rotatable bonds is 3. The summed E-state index contributed by atoms with van der Waals surface area (Å²) in [6.45, 7) is 4.08. The molecule has 2 heterocycles. The van der Waals surface area contributed by atoms with Gasteiger partial charge in [-0.3, -0.25) is 4.79 Å². The Labute approximate surface area is 122 Å². The largest absolute Gasteiger partial charge is 0.493 e. The van der Waals surface area contributed by atoms with E-state index in [1.807, 2.05) is 11.5 Å². The summed E-state index contributed by atoms with van der Waals surface area (Å²) in [5.41, 5.74) is 6.83. The molecule has 7 heteroatoms. The van der Waals surface area contributed by atoms with Crippen molar-refractivity contribution in [3.05, 3.63) is 35.9 Å². The van der Waals surface area contributed by atoms with Crippen LogP contribution in [0.15, 0.2) is 24.5 Å². The van der Waals surface area contributed by atoms with Crippen LogP contribution in [0.25, 0.3) is 0 Å². The van der Waals surface area contributed by atoms with E-state index in [0.29, 0.717) is 43.2 Å². The molecule has 21 heavy (non-hydrogen) atoms. The number of hydrogen-bond acceptors (Lipinski definition) is 5. The Morgan fingerprint density at radius 2 is 2.29 bits per heavy atom. The Morgan fingerprint density at radius 3 is 3.10 bits per heavy atom. The second-order valence-corrected chi connectivity index (χ2v) is 4.82. The van der Waals surface area contributed by atoms with E-state index >= 15 is 0 Å². The first-order chi connectivity index (χ1) is 10.2. The van der Waals surface area contributed by atoms with Gasteiger partial charge in [0, 0.05) is 18.8 Å². The predicted molar refractivity (Wildman–Crippen MR) is 76.8 cm³/mol. The smallest absolute Gasteiger partial charge is 0.260 e. The topological polar surface area (TPSA) is 86.3 Å². The molecule has 2 N–H and O–H groups in total. The molecule has 0 saturated carbocycles. The third kappa shape index (κ3) is 2.42. The summed E-state index contributed by atoms with van der Waals surface area (Å²) < 4.78 is 7.47. The fourth-order valence-electron chi connectivity index (χ4n) is 2.45. The van der Waals surface area contributed by atoms with Crippen LogP contribution in [0.3, 0.4) is 0 Å². The number of hydrogen-bond donors (Lipinski definition) is 1. The first-order valence-electron chi connectivity index (χ1n) is 6.88. The number of nitrogen functional groups attached to an aromatic ring is 1. The van der Waals surface area contributed by atoms with Crippen molar-refractivity contribution < 1.29 is 9.53 Å². The SMILES string of the molecule is CCOc1cccc(N)c1C(=O)N1CCn2cnnc2C1. The van der Waals surface area contributed by atoms with Gasteiger partial charge in [-0.15, -0.1) is 10.2 Å². The number of benzene rings is 1. The van der Waals surface area contributed by atoms with Crippen LogP contribution in [-0.2, 0) is 13.1 Å². The first-order valence-corrected chi connectivity index (χ1v) is 6.88. The van der Waals surface area contributed by atoms with E-state index in [4.69, 9.17) is 10.5 Å². The summed E-state index contributed by atoms with van der Waals surface area (Å²) in [5, 5.41) is 7.88. The van der Waals surface area contributed by atoms with Crippen LogP contribution < -0.4 is 10.5 Å². The highest BCUT2D eigenvalue weighted by atomic mass is 16.5. The maximum Gasteiger partial charge on any atom is 0.260 e. The molecule has 0 spiro atoms. The van der Waals surface area contributed by atoms with E-state index in [9.17, 15) is 4.79 Å². The maximum absolute atomic E-state index is 12.8. The highest BCUT2D eigenvalue weighted by molar-refractivity contribution is 6.01. The molecular weight excluding hydrogens is 270 g/mol. The average Bonchev–Trinajstić information content (AvgIpc) is 2.94. The van der Waals surface area contributed by atoms with Gasteiger partial charge >= 0.3 is 0 Å². The van der Waals surface area contributed by atoms with Gasteiger partial charge in [0.25, 0.3) is 5.91 Å². The fraction of sp³-hybridized carbons (Fsp3) is 0.357. The van der Waals surface area contributed by atoms with Crippen LogP contribution in [0.5, 0.6) is 5.75 Å². The number of fused-ring (bicyclic) bond motifs is 1. The molecule has 7 nitrogen and oxygen atoms in total. The van der Waals surface area contributed by atoms with Crippen LogP contribution >= 0.6 is 0 Å². The average molecular weight is 287 g/mol. The molecule has 0 unspecified atom stereocenters. The zero-order valence-electron chi connectivity index (χ0n) is 11.8. The second kappa shape index (κ2) is 5.43. The van der Waals surface area contributed by atoms with Crippen LogP contribution in [0.2, 0.25) is 0 Å². The molecule has 0 saturated heterocycles. The molecular formula is C14H17N5O2.